The predicted molar refractivity (Wildman–Crippen MR) is 168 cm³/mol. The van der Waals surface area contributed by atoms with E-state index in [2.05, 4.69) is 74.3 Å². The topological polar surface area (TPSA) is 9.23 Å². The van der Waals surface area contributed by atoms with Crippen LogP contribution in [0.25, 0.3) is 0 Å². The molecule has 0 spiro atoms. The average Bonchev–Trinajstić information content (AvgIpc) is 3.55. The van der Waals surface area contributed by atoms with Crippen LogP contribution < -0.4 is 0 Å². The van der Waals surface area contributed by atoms with Crippen LogP contribution in [0.4, 0.5) is 0 Å². The summed E-state index contributed by atoms with van der Waals surface area (Å²) in [5.74, 6) is 1.75. The van der Waals surface area contributed by atoms with Crippen LogP contribution in [-0.2, 0) is 4.43 Å². The van der Waals surface area contributed by atoms with Gasteiger partial charge in [-0.2, -0.15) is 0 Å². The first-order valence-corrected chi connectivity index (χ1v) is 29.8. The van der Waals surface area contributed by atoms with Crippen molar-refractivity contribution in [2.24, 2.45) is 11.8 Å². The fraction of sp³-hybridized carbons (Fsp3) is 1.00. The van der Waals surface area contributed by atoms with E-state index in [1.807, 2.05) is 0 Å². The van der Waals surface area contributed by atoms with Gasteiger partial charge in [-0.1, -0.05) is 0 Å². The van der Waals surface area contributed by atoms with E-state index in [9.17, 15) is 0 Å². The Hall–Kier alpha value is 1.19. The van der Waals surface area contributed by atoms with Gasteiger partial charge in [0, 0.05) is 0 Å². The molecule has 3 atom stereocenters. The summed E-state index contributed by atoms with van der Waals surface area (Å²) < 4.78 is 13.5. The first-order chi connectivity index (χ1) is 16.2. The van der Waals surface area contributed by atoms with Crippen LogP contribution in [0, 0.1) is 11.8 Å². The van der Waals surface area contributed by atoms with Crippen molar-refractivity contribution in [3.63, 3.8) is 0 Å². The van der Waals surface area contributed by atoms with Crippen LogP contribution in [0.5, 0.6) is 0 Å². The van der Waals surface area contributed by atoms with Crippen molar-refractivity contribution in [3.05, 3.63) is 0 Å². The SMILES string of the molecule is CCC[CH2][Sn]([CH2]CCC)([CH2]CCC)[C@@]1([Si](C)(C)C)C[C@H]1[C@@H](O[Si](C)(C)C(C)(C)C)C1CCCCC1. The quantitative estimate of drug-likeness (QED) is 0.164. The van der Waals surface area contributed by atoms with Crippen molar-refractivity contribution in [3.8, 4) is 0 Å². The first-order valence-electron chi connectivity index (χ1n) is 15.9. The minimum atomic E-state index is -2.43. The van der Waals surface area contributed by atoms with Crippen molar-refractivity contribution in [2.75, 3.05) is 0 Å². The Bertz CT molecular complexity index is 607. The normalized spacial score (nSPS) is 25.6. The van der Waals surface area contributed by atoms with E-state index in [1.54, 1.807) is 19.7 Å². The van der Waals surface area contributed by atoms with Gasteiger partial charge in [-0.05, 0) is 0 Å². The van der Waals surface area contributed by atoms with Gasteiger partial charge in [0.15, 0.2) is 0 Å². The van der Waals surface area contributed by atoms with Crippen LogP contribution in [0.15, 0.2) is 0 Å². The van der Waals surface area contributed by atoms with E-state index in [1.165, 1.54) is 70.6 Å². The van der Waals surface area contributed by atoms with E-state index in [4.69, 9.17) is 4.43 Å². The minimum absolute atomic E-state index is 0.309. The van der Waals surface area contributed by atoms with Gasteiger partial charge in [-0.15, -0.1) is 0 Å². The van der Waals surface area contributed by atoms with Crippen molar-refractivity contribution in [2.45, 2.75) is 179 Å². The van der Waals surface area contributed by atoms with Crippen LogP contribution in [0.1, 0.15) is 119 Å². The molecule has 2 aliphatic rings. The zero-order valence-electron chi connectivity index (χ0n) is 26.2. The van der Waals surface area contributed by atoms with Crippen LogP contribution in [-0.4, -0.2) is 40.9 Å². The molecule has 4 heteroatoms. The molecule has 0 aromatic rings. The molecule has 0 aromatic heterocycles. The van der Waals surface area contributed by atoms with Crippen molar-refractivity contribution in [1.29, 1.82) is 0 Å². The zero-order valence-corrected chi connectivity index (χ0v) is 31.1. The van der Waals surface area contributed by atoms with Crippen molar-refractivity contribution < 1.29 is 4.43 Å². The number of hydrogen-bond acceptors (Lipinski definition) is 1. The van der Waals surface area contributed by atoms with Gasteiger partial charge in [0.1, 0.15) is 0 Å². The third-order valence-electron chi connectivity index (χ3n) is 11.1. The number of hydrogen-bond donors (Lipinski definition) is 0. The predicted octanol–water partition coefficient (Wildman–Crippen LogP) is 11.4. The average molecular weight is 630 g/mol. The number of unbranched alkanes of at least 4 members (excludes halogenated alkanes) is 3. The Morgan fingerprint density at radius 1 is 0.800 bits per heavy atom. The summed E-state index contributed by atoms with van der Waals surface area (Å²) in [7, 11) is -3.13. The van der Waals surface area contributed by atoms with Gasteiger partial charge in [-0.3, -0.25) is 0 Å². The summed E-state index contributed by atoms with van der Waals surface area (Å²) in [6, 6.07) is 0. The molecule has 35 heavy (non-hydrogen) atoms. The molecule has 2 saturated carbocycles. The molecule has 2 aliphatic carbocycles. The molecule has 2 fully saturated rings. The molecule has 1 nitrogen and oxygen atoms in total. The van der Waals surface area contributed by atoms with Crippen LogP contribution in [0.2, 0.25) is 54.1 Å². The van der Waals surface area contributed by atoms with Crippen molar-refractivity contribution >= 4 is 34.8 Å². The molecule has 0 N–H and O–H groups in total. The van der Waals surface area contributed by atoms with E-state index < -0.39 is 34.8 Å². The number of rotatable bonds is 15. The second kappa shape index (κ2) is 13.0. The summed E-state index contributed by atoms with van der Waals surface area (Å²) in [5.41, 5.74) is 0. The Morgan fingerprint density at radius 3 is 1.63 bits per heavy atom. The second-order valence-corrected chi connectivity index (χ2v) is 41.1. The first kappa shape index (κ1) is 32.4. The summed E-state index contributed by atoms with van der Waals surface area (Å²) in [5, 5.41) is 0.309. The summed E-state index contributed by atoms with van der Waals surface area (Å²) in [6.07, 6.45) is 18.1. The maximum atomic E-state index is 7.62. The van der Waals surface area contributed by atoms with Gasteiger partial charge < -0.3 is 0 Å². The van der Waals surface area contributed by atoms with Crippen molar-refractivity contribution in [1.82, 2.24) is 0 Å². The van der Waals surface area contributed by atoms with E-state index in [0.29, 0.717) is 11.1 Å². The van der Waals surface area contributed by atoms with Gasteiger partial charge in [0.25, 0.3) is 0 Å². The summed E-state index contributed by atoms with van der Waals surface area (Å²) in [6.45, 7) is 28.2. The summed E-state index contributed by atoms with van der Waals surface area (Å²) in [4.78, 5) is 0. The third kappa shape index (κ3) is 7.24. The fourth-order valence-corrected chi connectivity index (χ4v) is 48.6. The molecule has 0 aromatic carbocycles. The molecule has 0 unspecified atom stereocenters. The fourth-order valence-electron chi connectivity index (χ4n) is 8.03. The van der Waals surface area contributed by atoms with Gasteiger partial charge in [0.2, 0.25) is 0 Å². The van der Waals surface area contributed by atoms with Gasteiger partial charge in [-0.25, -0.2) is 0 Å². The Labute approximate surface area is 228 Å². The Kier molecular flexibility index (Phi) is 12.1. The third-order valence-corrected chi connectivity index (χ3v) is 47.0. The Morgan fingerprint density at radius 2 is 1.26 bits per heavy atom. The van der Waals surface area contributed by atoms with E-state index in [0.717, 1.165) is 14.9 Å². The standard InChI is InChI=1S/C19H39OSi2.3C4H9.Sn/c1-19(2,3)22(7,8)20-18(15-12-10-9-11-13-15)16-14-17(16)21(4,5)6;3*1-3-4-2;/h15-16,18H,9-14H2,1-8H3;3*1,3-4H2,2H3;/t16-,18+;;;;/m1..../s1. The van der Waals surface area contributed by atoms with Crippen LogP contribution >= 0.6 is 0 Å². The molecule has 0 radical (unpaired) electrons. The molecule has 0 aliphatic heterocycles. The molecule has 2 rings (SSSR count). The Balaban J connectivity index is 2.58. The van der Waals surface area contributed by atoms with Gasteiger partial charge in [0.05, 0.1) is 0 Å². The molecule has 208 valence electrons. The van der Waals surface area contributed by atoms with E-state index >= 15 is 0 Å². The van der Waals surface area contributed by atoms with Gasteiger partial charge >= 0.3 is 230 Å². The monoisotopic (exact) mass is 630 g/mol. The molecule has 0 amide bonds. The van der Waals surface area contributed by atoms with Crippen LogP contribution in [0.3, 0.4) is 0 Å². The zero-order chi connectivity index (χ0) is 26.5. The molecular formula is C31H66OSi2Sn. The summed E-state index contributed by atoms with van der Waals surface area (Å²) >= 11 is -2.43. The second-order valence-electron chi connectivity index (χ2n) is 15.4. The molecule has 0 saturated heterocycles. The van der Waals surface area contributed by atoms with E-state index in [-0.39, 0.29) is 0 Å². The maximum absolute atomic E-state index is 7.62. The molecular weight excluding hydrogens is 563 g/mol. The molecule has 0 heterocycles. The molecule has 0 bridgehead atoms.